The number of rotatable bonds is 8. The SMILES string of the molecule is O=C(/C=C/c1ccc(Cl)c(Cl)c1)N1CCC(=O)N(CCCCN2CC[C@@H](CO)[C@@H](O)C2)CC1. The van der Waals surface area contributed by atoms with E-state index in [9.17, 15) is 19.8 Å². The van der Waals surface area contributed by atoms with Crippen molar-refractivity contribution in [1.29, 1.82) is 0 Å². The lowest BCUT2D eigenvalue weighted by Gasteiger charge is -2.35. The molecule has 0 radical (unpaired) electrons. The van der Waals surface area contributed by atoms with E-state index in [1.807, 2.05) is 4.90 Å². The molecule has 0 aliphatic carbocycles. The number of aliphatic hydroxyl groups is 2. The van der Waals surface area contributed by atoms with Gasteiger partial charge < -0.3 is 24.9 Å². The van der Waals surface area contributed by atoms with Gasteiger partial charge in [-0.2, -0.15) is 0 Å². The van der Waals surface area contributed by atoms with Crippen LogP contribution >= 0.6 is 23.2 Å². The van der Waals surface area contributed by atoms with Gasteiger partial charge in [0.1, 0.15) is 0 Å². The molecule has 182 valence electrons. The van der Waals surface area contributed by atoms with Crippen molar-refractivity contribution in [3.63, 3.8) is 0 Å². The highest BCUT2D eigenvalue weighted by Gasteiger charge is 2.27. The minimum absolute atomic E-state index is 0.0135. The summed E-state index contributed by atoms with van der Waals surface area (Å²) in [6, 6.07) is 5.19. The first-order valence-electron chi connectivity index (χ1n) is 11.6. The number of likely N-dealkylation sites (tertiary alicyclic amines) is 1. The average Bonchev–Trinajstić information content (AvgIpc) is 2.99. The first-order chi connectivity index (χ1) is 15.9. The first-order valence-corrected chi connectivity index (χ1v) is 12.3. The van der Waals surface area contributed by atoms with Gasteiger partial charge in [-0.1, -0.05) is 29.3 Å². The second-order valence-corrected chi connectivity index (χ2v) is 9.58. The van der Waals surface area contributed by atoms with Gasteiger partial charge in [-0.25, -0.2) is 0 Å². The number of carbonyl (C=O) groups excluding carboxylic acids is 2. The van der Waals surface area contributed by atoms with E-state index in [1.165, 1.54) is 6.08 Å². The van der Waals surface area contributed by atoms with Crippen LogP contribution in [0.3, 0.4) is 0 Å². The molecule has 2 amide bonds. The van der Waals surface area contributed by atoms with Crippen LogP contribution in [0.4, 0.5) is 0 Å². The number of carbonyl (C=O) groups is 2. The molecule has 0 unspecified atom stereocenters. The van der Waals surface area contributed by atoms with E-state index in [4.69, 9.17) is 23.2 Å². The molecule has 0 aromatic heterocycles. The van der Waals surface area contributed by atoms with E-state index in [0.717, 1.165) is 37.9 Å². The quantitative estimate of drug-likeness (QED) is 0.425. The molecule has 2 saturated heterocycles. The van der Waals surface area contributed by atoms with Crippen molar-refractivity contribution in [3.05, 3.63) is 39.9 Å². The zero-order valence-corrected chi connectivity index (χ0v) is 20.3. The van der Waals surface area contributed by atoms with Crippen LogP contribution in [0.5, 0.6) is 0 Å². The van der Waals surface area contributed by atoms with Gasteiger partial charge in [0.15, 0.2) is 0 Å². The van der Waals surface area contributed by atoms with Crippen LogP contribution < -0.4 is 0 Å². The third kappa shape index (κ3) is 7.69. The second-order valence-electron chi connectivity index (χ2n) is 8.77. The maximum atomic E-state index is 12.6. The average molecular weight is 498 g/mol. The minimum Gasteiger partial charge on any atom is -0.396 e. The predicted octanol–water partition coefficient (Wildman–Crippen LogP) is 2.52. The van der Waals surface area contributed by atoms with Crippen LogP contribution in [0.15, 0.2) is 24.3 Å². The number of amides is 2. The van der Waals surface area contributed by atoms with Crippen molar-refractivity contribution in [2.24, 2.45) is 5.92 Å². The molecule has 9 heteroatoms. The summed E-state index contributed by atoms with van der Waals surface area (Å²) in [5.74, 6) is -0.0565. The van der Waals surface area contributed by atoms with Gasteiger partial charge >= 0.3 is 0 Å². The van der Waals surface area contributed by atoms with Crippen LogP contribution in [-0.2, 0) is 9.59 Å². The van der Waals surface area contributed by atoms with Crippen LogP contribution in [-0.4, -0.2) is 95.3 Å². The van der Waals surface area contributed by atoms with Crippen molar-refractivity contribution in [2.45, 2.75) is 31.8 Å². The predicted molar refractivity (Wildman–Crippen MR) is 130 cm³/mol. The third-order valence-corrected chi connectivity index (χ3v) is 7.19. The van der Waals surface area contributed by atoms with Crippen molar-refractivity contribution in [3.8, 4) is 0 Å². The van der Waals surface area contributed by atoms with Crippen LogP contribution in [0.25, 0.3) is 6.08 Å². The van der Waals surface area contributed by atoms with Gasteiger partial charge in [0.05, 0.1) is 16.1 Å². The molecule has 3 rings (SSSR count). The Balaban J connectivity index is 1.40. The van der Waals surface area contributed by atoms with Gasteiger partial charge in [0.2, 0.25) is 11.8 Å². The molecule has 2 aliphatic rings. The number of aliphatic hydroxyl groups excluding tert-OH is 2. The Hall–Kier alpha value is -1.64. The standard InChI is InChI=1S/C24H33Cl2N3O4/c25-20-5-3-18(15-21(20)26)4-6-23(32)29-12-8-24(33)28(13-14-29)10-2-1-9-27-11-7-19(17-30)22(31)16-27/h3-6,15,19,22,30-31H,1-2,7-14,16-17H2/b6-4+/t19-,22-/m0/s1. The number of β-amino-alcohol motifs (C(OH)–C–C–N with tert-alkyl or cyclic N) is 1. The monoisotopic (exact) mass is 497 g/mol. The topological polar surface area (TPSA) is 84.3 Å². The van der Waals surface area contributed by atoms with Crippen molar-refractivity contribution < 1.29 is 19.8 Å². The molecule has 2 N–H and O–H groups in total. The van der Waals surface area contributed by atoms with Gasteiger partial charge in [-0.15, -0.1) is 0 Å². The maximum absolute atomic E-state index is 12.6. The van der Waals surface area contributed by atoms with E-state index in [0.29, 0.717) is 49.2 Å². The van der Waals surface area contributed by atoms with Crippen LogP contribution in [0.1, 0.15) is 31.2 Å². The Morgan fingerprint density at radius 3 is 2.61 bits per heavy atom. The highest BCUT2D eigenvalue weighted by Crippen LogP contribution is 2.23. The molecule has 0 saturated carbocycles. The molecule has 2 aliphatic heterocycles. The first kappa shape index (κ1) is 26.0. The number of nitrogens with zero attached hydrogens (tertiary/aromatic N) is 3. The van der Waals surface area contributed by atoms with E-state index >= 15 is 0 Å². The van der Waals surface area contributed by atoms with E-state index in [-0.39, 0.29) is 24.3 Å². The zero-order valence-electron chi connectivity index (χ0n) is 18.8. The zero-order chi connectivity index (χ0) is 23.8. The molecule has 0 spiro atoms. The molecule has 1 aromatic rings. The Morgan fingerprint density at radius 2 is 1.88 bits per heavy atom. The minimum atomic E-state index is -0.467. The van der Waals surface area contributed by atoms with Gasteiger partial charge in [-0.05, 0) is 56.1 Å². The number of hydrogen-bond donors (Lipinski definition) is 2. The summed E-state index contributed by atoms with van der Waals surface area (Å²) in [7, 11) is 0. The Kier molecular flexibility index (Phi) is 10.0. The number of hydrogen-bond acceptors (Lipinski definition) is 5. The summed E-state index contributed by atoms with van der Waals surface area (Å²) in [5.41, 5.74) is 0.790. The molecule has 2 heterocycles. The fourth-order valence-corrected chi connectivity index (χ4v) is 4.62. The number of benzene rings is 1. The molecule has 2 fully saturated rings. The summed E-state index contributed by atoms with van der Waals surface area (Å²) in [5, 5.41) is 20.2. The van der Waals surface area contributed by atoms with Crippen molar-refractivity contribution in [2.75, 3.05) is 52.4 Å². The summed E-state index contributed by atoms with van der Waals surface area (Å²) >= 11 is 11.9. The summed E-state index contributed by atoms with van der Waals surface area (Å²) < 4.78 is 0. The fraction of sp³-hybridized carbons (Fsp3) is 0.583. The number of unbranched alkanes of at least 4 members (excludes halogenated alkanes) is 1. The molecule has 2 atom stereocenters. The Labute approximate surface area is 205 Å². The molecule has 7 nitrogen and oxygen atoms in total. The lowest BCUT2D eigenvalue weighted by Crippen LogP contribution is -2.45. The van der Waals surface area contributed by atoms with Gasteiger partial charge in [-0.3, -0.25) is 9.59 Å². The summed E-state index contributed by atoms with van der Waals surface area (Å²) in [6.07, 6.45) is 5.70. The summed E-state index contributed by atoms with van der Waals surface area (Å²) in [4.78, 5) is 30.9. The highest BCUT2D eigenvalue weighted by atomic mass is 35.5. The molecule has 0 bridgehead atoms. The van der Waals surface area contributed by atoms with Crippen molar-refractivity contribution >= 4 is 41.1 Å². The lowest BCUT2D eigenvalue weighted by molar-refractivity contribution is -0.130. The molecular formula is C24H33Cl2N3O4. The smallest absolute Gasteiger partial charge is 0.246 e. The second kappa shape index (κ2) is 12.7. The lowest BCUT2D eigenvalue weighted by atomic mass is 9.94. The Bertz CT molecular complexity index is 851. The Morgan fingerprint density at radius 1 is 1.09 bits per heavy atom. The van der Waals surface area contributed by atoms with Crippen molar-refractivity contribution in [1.82, 2.24) is 14.7 Å². The molecular weight excluding hydrogens is 465 g/mol. The molecule has 1 aromatic carbocycles. The van der Waals surface area contributed by atoms with Crippen LogP contribution in [0, 0.1) is 5.92 Å². The number of piperidine rings is 1. The molecule has 33 heavy (non-hydrogen) atoms. The third-order valence-electron chi connectivity index (χ3n) is 6.45. The highest BCUT2D eigenvalue weighted by molar-refractivity contribution is 6.42. The number of halogens is 2. The van der Waals surface area contributed by atoms with E-state index in [2.05, 4.69) is 4.90 Å². The van der Waals surface area contributed by atoms with Gasteiger partial charge in [0, 0.05) is 57.7 Å². The normalized spacial score (nSPS) is 22.7. The maximum Gasteiger partial charge on any atom is 0.246 e. The van der Waals surface area contributed by atoms with E-state index in [1.54, 1.807) is 29.2 Å². The fourth-order valence-electron chi connectivity index (χ4n) is 4.31. The van der Waals surface area contributed by atoms with Crippen LogP contribution in [0.2, 0.25) is 10.0 Å². The van der Waals surface area contributed by atoms with E-state index < -0.39 is 6.10 Å². The summed E-state index contributed by atoms with van der Waals surface area (Å²) in [6.45, 7) is 4.53. The largest absolute Gasteiger partial charge is 0.396 e. The van der Waals surface area contributed by atoms with Gasteiger partial charge in [0.25, 0.3) is 0 Å².